The molecule has 0 aliphatic heterocycles. The first kappa shape index (κ1) is 17.4. The minimum absolute atomic E-state index is 0.0611. The summed E-state index contributed by atoms with van der Waals surface area (Å²) in [5.74, 6) is -1.76. The van der Waals surface area contributed by atoms with Crippen LogP contribution in [-0.4, -0.2) is 8.76 Å². The van der Waals surface area contributed by atoms with Gasteiger partial charge in [0.15, 0.2) is 11.1 Å². The number of rotatable bonds is 4. The summed E-state index contributed by atoms with van der Waals surface area (Å²) in [4.78, 5) is 0. The Labute approximate surface area is 145 Å². The molecule has 0 heterocycles. The maximum Gasteiger partial charge on any atom is 0.173 e. The van der Waals surface area contributed by atoms with Gasteiger partial charge in [0.25, 0.3) is 0 Å². The molecule has 1 N–H and O–H groups in total. The zero-order chi connectivity index (χ0) is 18.0. The molecule has 0 amide bonds. The predicted octanol–water partition coefficient (Wildman–Crippen LogP) is 4.62. The average molecular weight is 362 g/mol. The van der Waals surface area contributed by atoms with Gasteiger partial charge < -0.3 is 4.55 Å². The van der Waals surface area contributed by atoms with Gasteiger partial charge in [0.1, 0.15) is 22.2 Å². The lowest BCUT2D eigenvalue weighted by Gasteiger charge is -2.32. The second kappa shape index (κ2) is 6.82. The Morgan fingerprint density at radius 2 is 1.16 bits per heavy atom. The van der Waals surface area contributed by atoms with E-state index < -0.39 is 33.3 Å². The first-order valence-electron chi connectivity index (χ1n) is 7.34. The molecule has 25 heavy (non-hydrogen) atoms. The SMILES string of the molecule is O=S(O)C(c1ccc(F)cc1)(c1ccc(F)cc1)c1ccccc1F. The Kier molecular flexibility index (Phi) is 4.74. The van der Waals surface area contributed by atoms with Crippen molar-refractivity contribution >= 4 is 11.1 Å². The third-order valence-electron chi connectivity index (χ3n) is 4.02. The van der Waals surface area contributed by atoms with Gasteiger partial charge >= 0.3 is 0 Å². The van der Waals surface area contributed by atoms with E-state index in [0.717, 1.165) is 24.3 Å². The number of hydrogen-bond acceptors (Lipinski definition) is 1. The van der Waals surface area contributed by atoms with Crippen molar-refractivity contribution in [3.05, 3.63) is 107 Å². The maximum absolute atomic E-state index is 14.6. The highest BCUT2D eigenvalue weighted by atomic mass is 32.2. The zero-order valence-electron chi connectivity index (χ0n) is 12.8. The molecule has 0 aromatic heterocycles. The van der Waals surface area contributed by atoms with Crippen LogP contribution in [0.3, 0.4) is 0 Å². The lowest BCUT2D eigenvalue weighted by Crippen LogP contribution is -2.35. The molecule has 3 aromatic rings. The van der Waals surface area contributed by atoms with Gasteiger partial charge in [-0.25, -0.2) is 17.4 Å². The third-order valence-corrected chi connectivity index (χ3v) is 5.23. The van der Waals surface area contributed by atoms with E-state index in [4.69, 9.17) is 0 Å². The molecule has 0 aliphatic rings. The summed E-state index contributed by atoms with van der Waals surface area (Å²) in [5, 5.41) is 0. The van der Waals surface area contributed by atoms with Gasteiger partial charge in [-0.15, -0.1) is 0 Å². The molecule has 0 aliphatic carbocycles. The first-order chi connectivity index (χ1) is 12.0. The standard InChI is InChI=1S/C19H13F3O2S/c20-15-9-5-13(6-10-15)19(25(23)24,14-7-11-16(21)12-8-14)17-3-1-2-4-18(17)22/h1-12H,(H,23,24). The minimum Gasteiger partial charge on any atom is -0.305 e. The van der Waals surface area contributed by atoms with Gasteiger partial charge in [0.2, 0.25) is 0 Å². The van der Waals surface area contributed by atoms with E-state index in [1.807, 2.05) is 0 Å². The van der Waals surface area contributed by atoms with Crippen molar-refractivity contribution in [2.45, 2.75) is 4.75 Å². The lowest BCUT2D eigenvalue weighted by atomic mass is 9.83. The van der Waals surface area contributed by atoms with Gasteiger partial charge in [0.05, 0.1) is 0 Å². The van der Waals surface area contributed by atoms with Gasteiger partial charge in [-0.1, -0.05) is 42.5 Å². The highest BCUT2D eigenvalue weighted by Crippen LogP contribution is 2.42. The molecular weight excluding hydrogens is 349 g/mol. The van der Waals surface area contributed by atoms with Crippen molar-refractivity contribution in [3.63, 3.8) is 0 Å². The largest absolute Gasteiger partial charge is 0.305 e. The Balaban J connectivity index is 2.40. The van der Waals surface area contributed by atoms with Gasteiger partial charge in [0, 0.05) is 5.56 Å². The number of halogens is 3. The summed E-state index contributed by atoms with van der Waals surface area (Å²) in [5.41, 5.74) is 0.368. The minimum atomic E-state index is -2.62. The Hall–Kier alpha value is -2.44. The van der Waals surface area contributed by atoms with Crippen LogP contribution >= 0.6 is 0 Å². The highest BCUT2D eigenvalue weighted by Gasteiger charge is 2.44. The van der Waals surface area contributed by atoms with Crippen LogP contribution in [-0.2, 0) is 15.8 Å². The molecule has 128 valence electrons. The molecule has 0 spiro atoms. The van der Waals surface area contributed by atoms with Crippen LogP contribution in [0.25, 0.3) is 0 Å². The smallest absolute Gasteiger partial charge is 0.173 e. The quantitative estimate of drug-likeness (QED) is 0.543. The molecule has 0 radical (unpaired) electrons. The van der Waals surface area contributed by atoms with Crippen molar-refractivity contribution in [2.24, 2.45) is 0 Å². The van der Waals surface area contributed by atoms with E-state index in [-0.39, 0.29) is 16.7 Å². The van der Waals surface area contributed by atoms with Gasteiger partial charge in [-0.3, -0.25) is 0 Å². The van der Waals surface area contributed by atoms with Crippen molar-refractivity contribution in [1.82, 2.24) is 0 Å². The molecule has 0 saturated carbocycles. The van der Waals surface area contributed by atoms with Crippen LogP contribution in [0.1, 0.15) is 16.7 Å². The molecule has 3 aromatic carbocycles. The van der Waals surface area contributed by atoms with Crippen molar-refractivity contribution in [2.75, 3.05) is 0 Å². The summed E-state index contributed by atoms with van der Waals surface area (Å²) >= 11 is -2.62. The average Bonchev–Trinajstić information content (AvgIpc) is 2.59. The van der Waals surface area contributed by atoms with Gasteiger partial charge in [-0.2, -0.15) is 0 Å². The fraction of sp³-hybridized carbons (Fsp3) is 0.0526. The zero-order valence-corrected chi connectivity index (χ0v) is 13.6. The van der Waals surface area contributed by atoms with Crippen LogP contribution in [0.5, 0.6) is 0 Å². The first-order valence-corrected chi connectivity index (χ1v) is 8.45. The van der Waals surface area contributed by atoms with Crippen LogP contribution in [0, 0.1) is 17.5 Å². The molecule has 0 saturated heterocycles. The molecule has 6 heteroatoms. The van der Waals surface area contributed by atoms with E-state index in [0.29, 0.717) is 0 Å². The second-order valence-corrected chi connectivity index (χ2v) is 6.53. The van der Waals surface area contributed by atoms with E-state index >= 15 is 0 Å². The fourth-order valence-corrected chi connectivity index (χ4v) is 3.92. The summed E-state index contributed by atoms with van der Waals surface area (Å²) in [6, 6.07) is 15.3. The molecule has 1 atom stereocenters. The van der Waals surface area contributed by atoms with Gasteiger partial charge in [-0.05, 0) is 41.5 Å². The van der Waals surface area contributed by atoms with Crippen molar-refractivity contribution in [1.29, 1.82) is 0 Å². The Morgan fingerprint density at radius 3 is 1.56 bits per heavy atom. The topological polar surface area (TPSA) is 37.3 Å². The monoisotopic (exact) mass is 362 g/mol. The highest BCUT2D eigenvalue weighted by molar-refractivity contribution is 7.80. The maximum atomic E-state index is 14.6. The van der Waals surface area contributed by atoms with Crippen LogP contribution in [0.2, 0.25) is 0 Å². The van der Waals surface area contributed by atoms with Crippen molar-refractivity contribution < 1.29 is 21.9 Å². The number of benzene rings is 3. The van der Waals surface area contributed by atoms with Crippen LogP contribution in [0.4, 0.5) is 13.2 Å². The predicted molar refractivity (Wildman–Crippen MR) is 89.9 cm³/mol. The van der Waals surface area contributed by atoms with Crippen molar-refractivity contribution in [3.8, 4) is 0 Å². The van der Waals surface area contributed by atoms with E-state index in [1.165, 1.54) is 48.5 Å². The second-order valence-electron chi connectivity index (χ2n) is 5.42. The molecule has 0 fully saturated rings. The Morgan fingerprint density at radius 1 is 0.720 bits per heavy atom. The van der Waals surface area contributed by atoms with E-state index in [1.54, 1.807) is 0 Å². The van der Waals surface area contributed by atoms with Crippen LogP contribution < -0.4 is 0 Å². The normalized spacial score (nSPS) is 12.8. The summed E-state index contributed by atoms with van der Waals surface area (Å²) in [6.07, 6.45) is 0. The Bertz CT molecular complexity index is 863. The van der Waals surface area contributed by atoms with E-state index in [2.05, 4.69) is 0 Å². The third kappa shape index (κ3) is 2.99. The molecule has 3 rings (SSSR count). The molecule has 0 bridgehead atoms. The molecule has 1 unspecified atom stereocenters. The lowest BCUT2D eigenvalue weighted by molar-refractivity contribution is 0.527. The van der Waals surface area contributed by atoms with E-state index in [9.17, 15) is 21.9 Å². The van der Waals surface area contributed by atoms with Crippen LogP contribution in [0.15, 0.2) is 72.8 Å². The molecular formula is C19H13F3O2S. The summed E-state index contributed by atoms with van der Waals surface area (Å²) < 4.78 is 62.2. The number of hydrogen-bond donors (Lipinski definition) is 1. The molecule has 2 nitrogen and oxygen atoms in total. The summed E-state index contributed by atoms with van der Waals surface area (Å²) in [7, 11) is 0. The summed E-state index contributed by atoms with van der Waals surface area (Å²) in [6.45, 7) is 0. The fourth-order valence-electron chi connectivity index (χ4n) is 2.89.